The Balaban J connectivity index is 1.92. The number of halogens is 2. The molecule has 5 heteroatoms. The van der Waals surface area contributed by atoms with Crippen molar-refractivity contribution in [2.45, 2.75) is 58.6 Å². The van der Waals surface area contributed by atoms with Crippen molar-refractivity contribution in [3.63, 3.8) is 0 Å². The summed E-state index contributed by atoms with van der Waals surface area (Å²) in [6, 6.07) is 10.4. The summed E-state index contributed by atoms with van der Waals surface area (Å²) in [7, 11) is 1.60. The quantitative estimate of drug-likeness (QED) is 0.383. The Morgan fingerprint density at radius 1 is 1.00 bits per heavy atom. The van der Waals surface area contributed by atoms with Gasteiger partial charge in [0.2, 0.25) is 0 Å². The van der Waals surface area contributed by atoms with Crippen LogP contribution >= 0.6 is 11.6 Å². The van der Waals surface area contributed by atoms with Crippen molar-refractivity contribution < 1.29 is 13.9 Å². The molecule has 0 aliphatic heterocycles. The fourth-order valence-electron chi connectivity index (χ4n) is 3.09. The van der Waals surface area contributed by atoms with Crippen molar-refractivity contribution in [1.82, 2.24) is 5.32 Å². The highest BCUT2D eigenvalue weighted by Crippen LogP contribution is 2.32. The molecule has 0 heterocycles. The summed E-state index contributed by atoms with van der Waals surface area (Å²) in [5.74, 6) is 0.885. The second-order valence-electron chi connectivity index (χ2n) is 6.88. The predicted octanol–water partition coefficient (Wildman–Crippen LogP) is 6.52. The minimum atomic E-state index is -0.370. The average molecular weight is 408 g/mol. The highest BCUT2D eigenvalue weighted by atomic mass is 35.5. The van der Waals surface area contributed by atoms with Gasteiger partial charge in [-0.2, -0.15) is 0 Å². The zero-order valence-electron chi connectivity index (χ0n) is 16.9. The van der Waals surface area contributed by atoms with E-state index in [0.29, 0.717) is 28.6 Å². The summed E-state index contributed by atoms with van der Waals surface area (Å²) in [6.45, 7) is 3.92. The zero-order chi connectivity index (χ0) is 20.2. The van der Waals surface area contributed by atoms with Gasteiger partial charge in [-0.25, -0.2) is 4.39 Å². The summed E-state index contributed by atoms with van der Waals surface area (Å²) in [5, 5.41) is 3.83. The van der Waals surface area contributed by atoms with Crippen LogP contribution in [0.15, 0.2) is 36.4 Å². The van der Waals surface area contributed by atoms with Crippen LogP contribution in [-0.2, 0) is 13.2 Å². The lowest BCUT2D eigenvalue weighted by molar-refractivity contribution is 0.276. The molecule has 0 amide bonds. The van der Waals surface area contributed by atoms with E-state index in [1.165, 1.54) is 38.2 Å². The lowest BCUT2D eigenvalue weighted by atomic mass is 10.1. The van der Waals surface area contributed by atoms with Gasteiger partial charge >= 0.3 is 0 Å². The van der Waals surface area contributed by atoms with Crippen molar-refractivity contribution in [2.75, 3.05) is 13.7 Å². The van der Waals surface area contributed by atoms with Gasteiger partial charge in [0.25, 0.3) is 0 Å². The Bertz CT molecular complexity index is 703. The molecule has 0 spiro atoms. The molecule has 0 fully saturated rings. The number of hydrogen-bond acceptors (Lipinski definition) is 3. The van der Waals surface area contributed by atoms with Crippen LogP contribution in [0.5, 0.6) is 11.5 Å². The molecular weight excluding hydrogens is 377 g/mol. The van der Waals surface area contributed by atoms with Gasteiger partial charge in [0.15, 0.2) is 11.5 Å². The topological polar surface area (TPSA) is 30.5 Å². The standard InChI is InChI=1S/C23H31ClFNO2/c1-3-4-5-6-7-8-15-26-16-18-11-9-14-22(27-2)23(18)28-17-19-20(24)12-10-13-21(19)25/h9-14,26H,3-8,15-17H2,1-2H3. The molecule has 0 bridgehead atoms. The van der Waals surface area contributed by atoms with E-state index in [1.54, 1.807) is 19.2 Å². The molecule has 0 aliphatic carbocycles. The van der Waals surface area contributed by atoms with E-state index in [9.17, 15) is 4.39 Å². The second-order valence-corrected chi connectivity index (χ2v) is 7.29. The molecule has 3 nitrogen and oxygen atoms in total. The molecular formula is C23H31ClFNO2. The van der Waals surface area contributed by atoms with Crippen LogP contribution < -0.4 is 14.8 Å². The molecule has 0 unspecified atom stereocenters. The number of hydrogen-bond donors (Lipinski definition) is 1. The molecule has 28 heavy (non-hydrogen) atoms. The van der Waals surface area contributed by atoms with Crippen molar-refractivity contribution >= 4 is 11.6 Å². The number of benzene rings is 2. The lowest BCUT2D eigenvalue weighted by Crippen LogP contribution is -2.16. The summed E-state index contributed by atoms with van der Waals surface area (Å²) in [4.78, 5) is 0. The Morgan fingerprint density at radius 3 is 2.50 bits per heavy atom. The normalized spacial score (nSPS) is 10.9. The minimum Gasteiger partial charge on any atom is -0.493 e. The summed E-state index contributed by atoms with van der Waals surface area (Å²) < 4.78 is 25.4. The molecule has 154 valence electrons. The molecule has 0 radical (unpaired) electrons. The molecule has 0 saturated heterocycles. The summed E-state index contributed by atoms with van der Waals surface area (Å²) in [6.07, 6.45) is 7.63. The van der Waals surface area contributed by atoms with E-state index in [0.717, 1.165) is 18.5 Å². The van der Waals surface area contributed by atoms with E-state index in [4.69, 9.17) is 21.1 Å². The summed E-state index contributed by atoms with van der Waals surface area (Å²) >= 11 is 6.11. The van der Waals surface area contributed by atoms with Crippen LogP contribution in [0.4, 0.5) is 4.39 Å². The maximum absolute atomic E-state index is 14.0. The van der Waals surface area contributed by atoms with Gasteiger partial charge in [0.05, 0.1) is 12.1 Å². The first-order valence-electron chi connectivity index (χ1n) is 10.1. The molecule has 0 aromatic heterocycles. The average Bonchev–Trinajstić information content (AvgIpc) is 2.70. The lowest BCUT2D eigenvalue weighted by Gasteiger charge is -2.16. The van der Waals surface area contributed by atoms with Gasteiger partial charge in [0.1, 0.15) is 12.4 Å². The fraction of sp³-hybridized carbons (Fsp3) is 0.478. The number of para-hydroxylation sites is 1. The first kappa shape index (κ1) is 22.5. The Kier molecular flexibility index (Phi) is 10.2. The number of unbranched alkanes of at least 4 members (excludes halogenated alkanes) is 5. The summed E-state index contributed by atoms with van der Waals surface area (Å²) in [5.41, 5.74) is 1.33. The van der Waals surface area contributed by atoms with Crippen LogP contribution in [0, 0.1) is 5.82 Å². The van der Waals surface area contributed by atoms with Gasteiger partial charge in [-0.1, -0.05) is 68.8 Å². The Labute approximate surface area is 173 Å². The smallest absolute Gasteiger partial charge is 0.166 e. The van der Waals surface area contributed by atoms with Crippen LogP contribution in [0.25, 0.3) is 0 Å². The first-order valence-corrected chi connectivity index (χ1v) is 10.5. The first-order chi connectivity index (χ1) is 13.7. The molecule has 2 rings (SSSR count). The maximum Gasteiger partial charge on any atom is 0.166 e. The van der Waals surface area contributed by atoms with Gasteiger partial charge in [0, 0.05) is 17.7 Å². The van der Waals surface area contributed by atoms with Crippen molar-refractivity contribution in [3.8, 4) is 11.5 Å². The van der Waals surface area contributed by atoms with Gasteiger partial charge in [-0.15, -0.1) is 0 Å². The number of methoxy groups -OCH3 is 1. The molecule has 1 N–H and O–H groups in total. The van der Waals surface area contributed by atoms with Crippen LogP contribution in [0.1, 0.15) is 56.6 Å². The number of ether oxygens (including phenoxy) is 2. The van der Waals surface area contributed by atoms with Crippen molar-refractivity contribution in [1.29, 1.82) is 0 Å². The molecule has 2 aromatic carbocycles. The zero-order valence-corrected chi connectivity index (χ0v) is 17.7. The third-order valence-electron chi connectivity index (χ3n) is 4.73. The van der Waals surface area contributed by atoms with E-state index < -0.39 is 0 Å². The second kappa shape index (κ2) is 12.6. The molecule has 0 aliphatic rings. The largest absolute Gasteiger partial charge is 0.493 e. The van der Waals surface area contributed by atoms with E-state index >= 15 is 0 Å². The maximum atomic E-state index is 14.0. The highest BCUT2D eigenvalue weighted by molar-refractivity contribution is 6.31. The third kappa shape index (κ3) is 6.99. The Hall–Kier alpha value is -1.78. The van der Waals surface area contributed by atoms with Gasteiger partial charge in [-0.3, -0.25) is 0 Å². The SMILES string of the molecule is CCCCCCCCNCc1cccc(OC)c1OCc1c(F)cccc1Cl. The minimum absolute atomic E-state index is 0.0519. The van der Waals surface area contributed by atoms with Crippen LogP contribution in [0.3, 0.4) is 0 Å². The van der Waals surface area contributed by atoms with E-state index in [1.807, 2.05) is 18.2 Å². The molecule has 0 saturated carbocycles. The molecule has 2 aromatic rings. The third-order valence-corrected chi connectivity index (χ3v) is 5.08. The van der Waals surface area contributed by atoms with Gasteiger partial charge < -0.3 is 14.8 Å². The predicted molar refractivity (Wildman–Crippen MR) is 114 cm³/mol. The monoisotopic (exact) mass is 407 g/mol. The van der Waals surface area contributed by atoms with Crippen LogP contribution in [0.2, 0.25) is 5.02 Å². The van der Waals surface area contributed by atoms with Crippen molar-refractivity contribution in [2.24, 2.45) is 0 Å². The number of nitrogens with one attached hydrogen (secondary N) is 1. The highest BCUT2D eigenvalue weighted by Gasteiger charge is 2.13. The fourth-order valence-corrected chi connectivity index (χ4v) is 3.31. The van der Waals surface area contributed by atoms with E-state index in [-0.39, 0.29) is 12.4 Å². The Morgan fingerprint density at radius 2 is 1.75 bits per heavy atom. The van der Waals surface area contributed by atoms with Crippen molar-refractivity contribution in [3.05, 3.63) is 58.4 Å². The van der Waals surface area contributed by atoms with Gasteiger partial charge in [-0.05, 0) is 31.2 Å². The van der Waals surface area contributed by atoms with E-state index in [2.05, 4.69) is 12.2 Å². The molecule has 0 atom stereocenters. The van der Waals surface area contributed by atoms with Crippen LogP contribution in [-0.4, -0.2) is 13.7 Å². The number of rotatable bonds is 13.